The molecule has 11 heteroatoms. The van der Waals surface area contributed by atoms with Gasteiger partial charge in [0.25, 0.3) is 10.0 Å². The van der Waals surface area contributed by atoms with Gasteiger partial charge in [0.2, 0.25) is 11.8 Å². The van der Waals surface area contributed by atoms with Crippen molar-refractivity contribution in [3.63, 3.8) is 0 Å². The lowest BCUT2D eigenvalue weighted by molar-refractivity contribution is -0.139. The van der Waals surface area contributed by atoms with E-state index < -0.39 is 28.5 Å². The van der Waals surface area contributed by atoms with Gasteiger partial charge in [-0.2, -0.15) is 0 Å². The Labute approximate surface area is 244 Å². The van der Waals surface area contributed by atoms with Gasteiger partial charge < -0.3 is 10.2 Å². The normalized spacial score (nSPS) is 12.2. The van der Waals surface area contributed by atoms with E-state index in [0.717, 1.165) is 4.31 Å². The van der Waals surface area contributed by atoms with Gasteiger partial charge >= 0.3 is 0 Å². The largest absolute Gasteiger partial charge is 0.354 e. The topological polar surface area (TPSA) is 86.8 Å². The molecule has 3 aromatic rings. The zero-order valence-electron chi connectivity index (χ0n) is 21.8. The molecule has 0 bridgehead atoms. The monoisotopic (exact) mass is 609 g/mol. The maximum absolute atomic E-state index is 13.9. The molecule has 0 aliphatic rings. The maximum Gasteiger partial charge on any atom is 0.264 e. The molecule has 2 amide bonds. The summed E-state index contributed by atoms with van der Waals surface area (Å²) in [5.74, 6) is -0.771. The second-order valence-corrected chi connectivity index (χ2v) is 12.4. The van der Waals surface area contributed by atoms with Crippen molar-refractivity contribution in [2.24, 2.45) is 5.92 Å². The van der Waals surface area contributed by atoms with Crippen LogP contribution in [0.1, 0.15) is 26.3 Å². The lowest BCUT2D eigenvalue weighted by Crippen LogP contribution is -2.51. The molecule has 0 aliphatic heterocycles. The summed E-state index contributed by atoms with van der Waals surface area (Å²) < 4.78 is 28.5. The van der Waals surface area contributed by atoms with Crippen LogP contribution in [0.4, 0.5) is 5.69 Å². The highest BCUT2D eigenvalue weighted by atomic mass is 35.5. The Morgan fingerprint density at radius 1 is 0.846 bits per heavy atom. The van der Waals surface area contributed by atoms with Crippen LogP contribution in [0, 0.1) is 5.92 Å². The molecule has 7 nitrogen and oxygen atoms in total. The van der Waals surface area contributed by atoms with Gasteiger partial charge in [0, 0.05) is 13.1 Å². The van der Waals surface area contributed by atoms with Gasteiger partial charge in [-0.3, -0.25) is 13.9 Å². The predicted octanol–water partition coefficient (Wildman–Crippen LogP) is 6.03. The number of benzene rings is 3. The van der Waals surface area contributed by atoms with Crippen LogP contribution >= 0.6 is 34.8 Å². The van der Waals surface area contributed by atoms with Gasteiger partial charge in [0.15, 0.2) is 0 Å². The fourth-order valence-corrected chi connectivity index (χ4v) is 5.82. The summed E-state index contributed by atoms with van der Waals surface area (Å²) in [4.78, 5) is 28.2. The summed E-state index contributed by atoms with van der Waals surface area (Å²) in [6.07, 6.45) is 0. The minimum absolute atomic E-state index is 0.00326. The number of carbonyl (C=O) groups excluding carboxylic acids is 2. The van der Waals surface area contributed by atoms with E-state index in [1.807, 2.05) is 13.8 Å². The highest BCUT2D eigenvalue weighted by molar-refractivity contribution is 7.92. The maximum atomic E-state index is 13.9. The third-order valence-corrected chi connectivity index (χ3v) is 8.75. The summed E-state index contributed by atoms with van der Waals surface area (Å²) in [6, 6.07) is 18.1. The molecule has 208 valence electrons. The average molecular weight is 611 g/mol. The highest BCUT2D eigenvalue weighted by Crippen LogP contribution is 2.31. The van der Waals surface area contributed by atoms with Crippen LogP contribution in [-0.2, 0) is 26.2 Å². The van der Waals surface area contributed by atoms with E-state index in [-0.39, 0.29) is 34.0 Å². The summed E-state index contributed by atoms with van der Waals surface area (Å²) >= 11 is 18.7. The standard InChI is InChI=1S/C28H30Cl3N3O4S/c1-19(2)16-32-28(36)20(3)33(17-21-13-14-23(29)25(31)15-21)27(35)18-34(26-12-8-7-11-24(26)30)39(37,38)22-9-5-4-6-10-22/h4-15,19-20H,16-18H2,1-3H3,(H,32,36). The van der Waals surface area contributed by atoms with Crippen LogP contribution in [-0.4, -0.2) is 44.3 Å². The molecule has 0 radical (unpaired) electrons. The van der Waals surface area contributed by atoms with E-state index in [1.165, 1.54) is 23.1 Å². The van der Waals surface area contributed by atoms with Crippen molar-refractivity contribution >= 4 is 62.3 Å². The lowest BCUT2D eigenvalue weighted by atomic mass is 10.1. The first-order valence-corrected chi connectivity index (χ1v) is 14.8. The van der Waals surface area contributed by atoms with Gasteiger partial charge in [-0.15, -0.1) is 0 Å². The molecule has 0 fully saturated rings. The molecule has 3 aromatic carbocycles. The van der Waals surface area contributed by atoms with E-state index in [4.69, 9.17) is 34.8 Å². The Hall–Kier alpha value is -2.78. The summed E-state index contributed by atoms with van der Waals surface area (Å²) in [6.45, 7) is 5.33. The Morgan fingerprint density at radius 2 is 1.49 bits per heavy atom. The van der Waals surface area contributed by atoms with E-state index in [9.17, 15) is 18.0 Å². The Balaban J connectivity index is 2.02. The second-order valence-electron chi connectivity index (χ2n) is 9.36. The predicted molar refractivity (Wildman–Crippen MR) is 157 cm³/mol. The summed E-state index contributed by atoms with van der Waals surface area (Å²) in [7, 11) is -4.20. The lowest BCUT2D eigenvalue weighted by Gasteiger charge is -2.32. The molecular weight excluding hydrogens is 581 g/mol. The van der Waals surface area contributed by atoms with Crippen molar-refractivity contribution in [1.82, 2.24) is 10.2 Å². The number of carbonyl (C=O) groups is 2. The highest BCUT2D eigenvalue weighted by Gasteiger charge is 2.33. The number of nitrogens with one attached hydrogen (secondary N) is 1. The van der Waals surface area contributed by atoms with Crippen molar-refractivity contribution in [3.05, 3.63) is 93.4 Å². The molecule has 3 rings (SSSR count). The van der Waals surface area contributed by atoms with Crippen LogP contribution in [0.15, 0.2) is 77.7 Å². The molecule has 0 heterocycles. The van der Waals surface area contributed by atoms with E-state index in [1.54, 1.807) is 61.5 Å². The number of sulfonamides is 1. The number of amides is 2. The van der Waals surface area contributed by atoms with Crippen LogP contribution in [0.5, 0.6) is 0 Å². The van der Waals surface area contributed by atoms with Crippen LogP contribution in [0.2, 0.25) is 15.1 Å². The van der Waals surface area contributed by atoms with Gasteiger partial charge in [-0.25, -0.2) is 8.42 Å². The number of anilines is 1. The quantitative estimate of drug-likeness (QED) is 0.287. The molecule has 1 N–H and O–H groups in total. The third-order valence-electron chi connectivity index (χ3n) is 5.92. The second kappa shape index (κ2) is 13.5. The number of rotatable bonds is 11. The SMILES string of the molecule is CC(C)CNC(=O)C(C)N(Cc1ccc(Cl)c(Cl)c1)C(=O)CN(c1ccccc1Cl)S(=O)(=O)c1ccccc1. The molecular formula is C28H30Cl3N3O4S. The molecule has 0 spiro atoms. The zero-order chi connectivity index (χ0) is 28.7. The first-order valence-electron chi connectivity index (χ1n) is 12.2. The van der Waals surface area contributed by atoms with Crippen molar-refractivity contribution in [1.29, 1.82) is 0 Å². The van der Waals surface area contributed by atoms with Gasteiger partial charge in [-0.1, -0.05) is 85.0 Å². The van der Waals surface area contributed by atoms with Crippen LogP contribution < -0.4 is 9.62 Å². The molecule has 1 atom stereocenters. The van der Waals surface area contributed by atoms with Crippen molar-refractivity contribution in [2.45, 2.75) is 38.3 Å². The first-order chi connectivity index (χ1) is 18.4. The number of para-hydroxylation sites is 1. The third kappa shape index (κ3) is 7.88. The molecule has 0 saturated carbocycles. The molecule has 0 aromatic heterocycles. The van der Waals surface area contributed by atoms with Crippen molar-refractivity contribution < 1.29 is 18.0 Å². The Bertz CT molecular complexity index is 1420. The number of hydrogen-bond donors (Lipinski definition) is 1. The number of halogens is 3. The Kier molecular flexibility index (Phi) is 10.7. The van der Waals surface area contributed by atoms with Gasteiger partial charge in [0.1, 0.15) is 12.6 Å². The van der Waals surface area contributed by atoms with Gasteiger partial charge in [0.05, 0.1) is 25.7 Å². The fraction of sp³-hybridized carbons (Fsp3) is 0.286. The van der Waals surface area contributed by atoms with E-state index in [0.29, 0.717) is 22.2 Å². The number of nitrogens with zero attached hydrogens (tertiary/aromatic N) is 2. The molecule has 1 unspecified atom stereocenters. The van der Waals surface area contributed by atoms with E-state index >= 15 is 0 Å². The average Bonchev–Trinajstić information content (AvgIpc) is 2.91. The summed E-state index contributed by atoms with van der Waals surface area (Å²) in [5.41, 5.74) is 0.763. The van der Waals surface area contributed by atoms with Crippen LogP contribution in [0.3, 0.4) is 0 Å². The Morgan fingerprint density at radius 3 is 2.10 bits per heavy atom. The molecule has 39 heavy (non-hydrogen) atoms. The molecule has 0 aliphatic carbocycles. The number of hydrogen-bond acceptors (Lipinski definition) is 4. The fourth-order valence-electron chi connectivity index (χ4n) is 3.76. The molecule has 0 saturated heterocycles. The van der Waals surface area contributed by atoms with Crippen molar-refractivity contribution in [3.8, 4) is 0 Å². The minimum atomic E-state index is -4.20. The summed E-state index contributed by atoms with van der Waals surface area (Å²) in [5, 5.41) is 3.64. The minimum Gasteiger partial charge on any atom is -0.354 e. The van der Waals surface area contributed by atoms with Gasteiger partial charge in [-0.05, 0) is 54.8 Å². The van der Waals surface area contributed by atoms with E-state index in [2.05, 4.69) is 5.32 Å². The van der Waals surface area contributed by atoms with Crippen LogP contribution in [0.25, 0.3) is 0 Å². The smallest absolute Gasteiger partial charge is 0.264 e. The first kappa shape index (κ1) is 30.8. The zero-order valence-corrected chi connectivity index (χ0v) is 24.9. The van der Waals surface area contributed by atoms with Crippen molar-refractivity contribution in [2.75, 3.05) is 17.4 Å².